The van der Waals surface area contributed by atoms with Crippen molar-refractivity contribution in [2.24, 2.45) is 0 Å². The minimum Gasteiger partial charge on any atom is -0.495 e. The minimum atomic E-state index is -0.0440. The Bertz CT molecular complexity index is 658. The highest BCUT2D eigenvalue weighted by molar-refractivity contribution is 6.32. The van der Waals surface area contributed by atoms with Crippen LogP contribution in [0.1, 0.15) is 11.3 Å². The predicted octanol–water partition coefficient (Wildman–Crippen LogP) is 3.26. The first-order chi connectivity index (χ1) is 10.0. The van der Waals surface area contributed by atoms with E-state index >= 15 is 0 Å². The fourth-order valence-corrected chi connectivity index (χ4v) is 2.15. The van der Waals surface area contributed by atoms with Gasteiger partial charge in [0, 0.05) is 12.7 Å². The molecule has 0 bridgehead atoms. The number of carbonyl (C=O) groups excluding carboxylic acids is 1. The van der Waals surface area contributed by atoms with Gasteiger partial charge in [-0.25, -0.2) is 4.98 Å². The number of aromatic nitrogens is 1. The second kappa shape index (κ2) is 6.59. The van der Waals surface area contributed by atoms with E-state index in [1.165, 1.54) is 0 Å². The van der Waals surface area contributed by atoms with Crippen LogP contribution in [0, 0.1) is 6.92 Å². The maximum atomic E-state index is 12.3. The quantitative estimate of drug-likeness (QED) is 0.870. The molecule has 0 aliphatic heterocycles. The number of benzene rings is 1. The molecular weight excluding hydrogens is 288 g/mol. The Balaban J connectivity index is 2.14. The molecule has 0 atom stereocenters. The molecule has 1 aromatic heterocycles. The zero-order valence-electron chi connectivity index (χ0n) is 12.3. The topological polar surface area (TPSA) is 42.4 Å². The molecule has 0 unspecified atom stereocenters. The summed E-state index contributed by atoms with van der Waals surface area (Å²) in [7, 11) is 3.27. The number of rotatable bonds is 4. The summed E-state index contributed by atoms with van der Waals surface area (Å²) in [6.07, 6.45) is 0.264. The summed E-state index contributed by atoms with van der Waals surface area (Å²) in [6.45, 7) is 1.89. The van der Waals surface area contributed by atoms with Crippen LogP contribution < -0.4 is 9.64 Å². The molecule has 4 nitrogen and oxygen atoms in total. The highest BCUT2D eigenvalue weighted by atomic mass is 35.5. The van der Waals surface area contributed by atoms with Crippen molar-refractivity contribution < 1.29 is 9.53 Å². The fourth-order valence-electron chi connectivity index (χ4n) is 1.95. The van der Waals surface area contributed by atoms with Gasteiger partial charge in [-0.15, -0.1) is 0 Å². The lowest BCUT2D eigenvalue weighted by Gasteiger charge is -2.17. The number of likely N-dealkylation sites (N-methyl/N-ethyl adjacent to an activating group) is 1. The second-order valence-corrected chi connectivity index (χ2v) is 5.14. The summed E-state index contributed by atoms with van der Waals surface area (Å²) in [5.41, 5.74) is 1.72. The molecule has 0 radical (unpaired) electrons. The van der Waals surface area contributed by atoms with Crippen molar-refractivity contribution in [3.05, 3.63) is 52.7 Å². The number of methoxy groups -OCH3 is 1. The summed E-state index contributed by atoms with van der Waals surface area (Å²) >= 11 is 5.98. The first-order valence-electron chi connectivity index (χ1n) is 6.54. The smallest absolute Gasteiger partial charge is 0.232 e. The van der Waals surface area contributed by atoms with Gasteiger partial charge in [0.15, 0.2) is 0 Å². The van der Waals surface area contributed by atoms with Gasteiger partial charge < -0.3 is 4.74 Å². The number of aryl methyl sites for hydroxylation is 1. The van der Waals surface area contributed by atoms with E-state index in [1.807, 2.05) is 31.2 Å². The van der Waals surface area contributed by atoms with E-state index in [1.54, 1.807) is 31.2 Å². The highest BCUT2D eigenvalue weighted by Crippen LogP contribution is 2.25. The molecule has 0 saturated heterocycles. The third-order valence-corrected chi connectivity index (χ3v) is 3.47. The lowest BCUT2D eigenvalue weighted by Crippen LogP contribution is -2.28. The van der Waals surface area contributed by atoms with E-state index < -0.39 is 0 Å². The molecule has 1 aromatic carbocycles. The van der Waals surface area contributed by atoms with Gasteiger partial charge >= 0.3 is 0 Å². The Morgan fingerprint density at radius 1 is 1.33 bits per heavy atom. The molecule has 0 saturated carbocycles. The highest BCUT2D eigenvalue weighted by Gasteiger charge is 2.14. The summed E-state index contributed by atoms with van der Waals surface area (Å²) in [4.78, 5) is 18.2. The van der Waals surface area contributed by atoms with Crippen molar-refractivity contribution in [3.8, 4) is 5.75 Å². The first kappa shape index (κ1) is 15.3. The zero-order valence-corrected chi connectivity index (χ0v) is 13.0. The van der Waals surface area contributed by atoms with Gasteiger partial charge in [0.25, 0.3) is 0 Å². The molecule has 5 heteroatoms. The van der Waals surface area contributed by atoms with Crippen LogP contribution in [-0.4, -0.2) is 25.0 Å². The minimum absolute atomic E-state index is 0.0440. The average Bonchev–Trinajstić information content (AvgIpc) is 2.48. The molecule has 0 N–H and O–H groups in total. The van der Waals surface area contributed by atoms with E-state index in [4.69, 9.17) is 16.3 Å². The van der Waals surface area contributed by atoms with Crippen molar-refractivity contribution in [2.75, 3.05) is 19.1 Å². The van der Waals surface area contributed by atoms with E-state index in [-0.39, 0.29) is 12.3 Å². The molecule has 0 spiro atoms. The molecular formula is C16H17ClN2O2. The van der Waals surface area contributed by atoms with Crippen molar-refractivity contribution >= 4 is 23.3 Å². The zero-order chi connectivity index (χ0) is 15.4. The van der Waals surface area contributed by atoms with Crippen molar-refractivity contribution in [3.63, 3.8) is 0 Å². The number of ether oxygens (including phenoxy) is 1. The SMILES string of the molecule is COc1cc(CC(=O)N(C)c2cccc(C)n2)ccc1Cl. The third kappa shape index (κ3) is 3.73. The Hall–Kier alpha value is -2.07. The molecule has 0 fully saturated rings. The molecule has 1 amide bonds. The normalized spacial score (nSPS) is 10.3. The van der Waals surface area contributed by atoms with Crippen LogP contribution in [0.4, 0.5) is 5.82 Å². The summed E-state index contributed by atoms with van der Waals surface area (Å²) in [5, 5.41) is 0.530. The van der Waals surface area contributed by atoms with Crippen LogP contribution in [0.3, 0.4) is 0 Å². The average molecular weight is 305 g/mol. The predicted molar refractivity (Wildman–Crippen MR) is 84.1 cm³/mol. The van der Waals surface area contributed by atoms with Gasteiger partial charge in [0.2, 0.25) is 5.91 Å². The maximum absolute atomic E-state index is 12.3. The van der Waals surface area contributed by atoms with E-state index in [2.05, 4.69) is 4.98 Å². The number of pyridine rings is 1. The van der Waals surface area contributed by atoms with Crippen molar-refractivity contribution in [1.29, 1.82) is 0 Å². The molecule has 0 aliphatic carbocycles. The fraction of sp³-hybridized carbons (Fsp3) is 0.250. The Kier molecular flexibility index (Phi) is 4.81. The van der Waals surface area contributed by atoms with Crippen LogP contribution >= 0.6 is 11.6 Å². The van der Waals surface area contributed by atoms with Gasteiger partial charge in [-0.05, 0) is 36.8 Å². The van der Waals surface area contributed by atoms with E-state index in [0.29, 0.717) is 16.6 Å². The van der Waals surface area contributed by atoms with Gasteiger partial charge in [-0.1, -0.05) is 23.7 Å². The van der Waals surface area contributed by atoms with Crippen LogP contribution in [0.25, 0.3) is 0 Å². The van der Waals surface area contributed by atoms with Crippen LogP contribution in [0.5, 0.6) is 5.75 Å². The van der Waals surface area contributed by atoms with E-state index in [0.717, 1.165) is 11.3 Å². The monoisotopic (exact) mass is 304 g/mol. The Morgan fingerprint density at radius 2 is 2.10 bits per heavy atom. The molecule has 0 aliphatic rings. The molecule has 21 heavy (non-hydrogen) atoms. The number of hydrogen-bond donors (Lipinski definition) is 0. The Labute approximate surface area is 129 Å². The lowest BCUT2D eigenvalue weighted by atomic mass is 10.1. The third-order valence-electron chi connectivity index (χ3n) is 3.16. The second-order valence-electron chi connectivity index (χ2n) is 4.74. The standard InChI is InChI=1S/C16H17ClN2O2/c1-11-5-4-6-15(18-11)19(2)16(20)10-12-7-8-13(17)14(9-12)21-3/h4-9H,10H2,1-3H3. The molecule has 2 aromatic rings. The lowest BCUT2D eigenvalue weighted by molar-refractivity contribution is -0.117. The largest absolute Gasteiger partial charge is 0.495 e. The van der Waals surface area contributed by atoms with Crippen LogP contribution in [0.2, 0.25) is 5.02 Å². The summed E-state index contributed by atoms with van der Waals surface area (Å²) in [5.74, 6) is 1.16. The van der Waals surface area contributed by atoms with Gasteiger partial charge in [0.1, 0.15) is 11.6 Å². The first-order valence-corrected chi connectivity index (χ1v) is 6.91. The summed E-state index contributed by atoms with van der Waals surface area (Å²) < 4.78 is 5.16. The number of carbonyl (C=O) groups is 1. The number of nitrogens with zero attached hydrogens (tertiary/aromatic N) is 2. The van der Waals surface area contributed by atoms with Gasteiger partial charge in [0.05, 0.1) is 18.6 Å². The van der Waals surface area contributed by atoms with Gasteiger partial charge in [-0.3, -0.25) is 9.69 Å². The number of halogens is 1. The van der Waals surface area contributed by atoms with Gasteiger partial charge in [-0.2, -0.15) is 0 Å². The van der Waals surface area contributed by atoms with Crippen LogP contribution in [-0.2, 0) is 11.2 Å². The molecule has 1 heterocycles. The van der Waals surface area contributed by atoms with Crippen molar-refractivity contribution in [1.82, 2.24) is 4.98 Å². The Morgan fingerprint density at radius 3 is 2.76 bits per heavy atom. The summed E-state index contributed by atoms with van der Waals surface area (Å²) in [6, 6.07) is 10.9. The number of anilines is 1. The number of amides is 1. The van der Waals surface area contributed by atoms with E-state index in [9.17, 15) is 4.79 Å². The van der Waals surface area contributed by atoms with Crippen LogP contribution in [0.15, 0.2) is 36.4 Å². The number of hydrogen-bond acceptors (Lipinski definition) is 3. The van der Waals surface area contributed by atoms with Crippen molar-refractivity contribution in [2.45, 2.75) is 13.3 Å². The molecule has 110 valence electrons. The molecule has 2 rings (SSSR count). The maximum Gasteiger partial charge on any atom is 0.232 e.